The Kier molecular flexibility index (Phi) is 5.38. The number of anilines is 1. The first-order valence-corrected chi connectivity index (χ1v) is 7.52. The molecule has 1 fully saturated rings. The van der Waals surface area contributed by atoms with Crippen LogP contribution in [0.1, 0.15) is 25.3 Å². The molecule has 1 atom stereocenters. The average molecular weight is 279 g/mol. The van der Waals surface area contributed by atoms with Crippen molar-refractivity contribution in [2.45, 2.75) is 32.4 Å². The fraction of sp³-hybridized carbons (Fsp3) is 0.625. The van der Waals surface area contributed by atoms with Gasteiger partial charge in [-0.05, 0) is 56.7 Å². The molecule has 3 nitrogen and oxygen atoms in total. The van der Waals surface area contributed by atoms with E-state index in [0.29, 0.717) is 6.04 Å². The van der Waals surface area contributed by atoms with E-state index in [2.05, 4.69) is 36.1 Å². The highest BCUT2D eigenvalue weighted by molar-refractivity contribution is 5.54. The van der Waals surface area contributed by atoms with Crippen LogP contribution in [0.25, 0.3) is 0 Å². The molecule has 112 valence electrons. The molecule has 4 heteroatoms. The Morgan fingerprint density at radius 3 is 2.95 bits per heavy atom. The minimum Gasteiger partial charge on any atom is -0.370 e. The Morgan fingerprint density at radius 1 is 1.45 bits per heavy atom. The second-order valence-corrected chi connectivity index (χ2v) is 5.72. The minimum atomic E-state index is -0.157. The van der Waals surface area contributed by atoms with Crippen LogP contribution in [0.15, 0.2) is 18.2 Å². The van der Waals surface area contributed by atoms with E-state index in [4.69, 9.17) is 0 Å². The Bertz CT molecular complexity index is 436. The number of likely N-dealkylation sites (tertiary alicyclic amines) is 1. The Hall–Kier alpha value is -1.13. The molecule has 2 rings (SSSR count). The van der Waals surface area contributed by atoms with Gasteiger partial charge in [-0.3, -0.25) is 0 Å². The van der Waals surface area contributed by atoms with Gasteiger partial charge in [-0.25, -0.2) is 4.39 Å². The quantitative estimate of drug-likeness (QED) is 0.893. The van der Waals surface area contributed by atoms with Crippen molar-refractivity contribution in [3.63, 3.8) is 0 Å². The van der Waals surface area contributed by atoms with E-state index in [1.807, 2.05) is 6.07 Å². The summed E-state index contributed by atoms with van der Waals surface area (Å²) in [5.74, 6) is -0.157. The van der Waals surface area contributed by atoms with Crippen molar-refractivity contribution in [2.24, 2.45) is 0 Å². The van der Waals surface area contributed by atoms with Crippen LogP contribution >= 0.6 is 0 Å². The molecule has 1 aromatic rings. The predicted octanol–water partition coefficient (Wildman–Crippen LogP) is 2.47. The number of hydrogen-bond acceptors (Lipinski definition) is 3. The first kappa shape index (κ1) is 15.3. The van der Waals surface area contributed by atoms with E-state index < -0.39 is 0 Å². The third-order valence-corrected chi connectivity index (χ3v) is 4.13. The molecule has 1 aliphatic rings. The molecule has 1 aliphatic heterocycles. The van der Waals surface area contributed by atoms with Gasteiger partial charge in [0.25, 0.3) is 0 Å². The van der Waals surface area contributed by atoms with E-state index in [1.165, 1.54) is 19.4 Å². The second kappa shape index (κ2) is 7.04. The van der Waals surface area contributed by atoms with Gasteiger partial charge in [-0.15, -0.1) is 0 Å². The summed E-state index contributed by atoms with van der Waals surface area (Å²) >= 11 is 0. The highest BCUT2D eigenvalue weighted by Crippen LogP contribution is 2.25. The summed E-state index contributed by atoms with van der Waals surface area (Å²) in [7, 11) is 4.30. The fourth-order valence-corrected chi connectivity index (χ4v) is 2.95. The number of hydrogen-bond donors (Lipinski definition) is 1. The number of piperidine rings is 1. The summed E-state index contributed by atoms with van der Waals surface area (Å²) in [5, 5.41) is 3.29. The van der Waals surface area contributed by atoms with Crippen molar-refractivity contribution in [1.82, 2.24) is 10.2 Å². The first-order chi connectivity index (χ1) is 9.61. The topological polar surface area (TPSA) is 18.5 Å². The van der Waals surface area contributed by atoms with E-state index in [1.54, 1.807) is 12.1 Å². The molecule has 1 unspecified atom stereocenters. The number of halogens is 1. The van der Waals surface area contributed by atoms with Crippen molar-refractivity contribution < 1.29 is 4.39 Å². The standard InChI is InChI=1S/C16H26FN3/c1-4-18-11-13-10-14(17)7-8-16(13)20(3)15-6-5-9-19(2)12-15/h7-8,10,15,18H,4-6,9,11-12H2,1-3H3. The summed E-state index contributed by atoms with van der Waals surface area (Å²) < 4.78 is 13.5. The van der Waals surface area contributed by atoms with Gasteiger partial charge in [-0.1, -0.05) is 6.92 Å². The molecule has 0 radical (unpaired) electrons. The van der Waals surface area contributed by atoms with Crippen molar-refractivity contribution in [3.05, 3.63) is 29.6 Å². The van der Waals surface area contributed by atoms with Gasteiger partial charge < -0.3 is 15.1 Å². The predicted molar refractivity (Wildman–Crippen MR) is 82.7 cm³/mol. The van der Waals surface area contributed by atoms with Gasteiger partial charge in [-0.2, -0.15) is 0 Å². The average Bonchev–Trinajstić information content (AvgIpc) is 2.44. The molecule has 0 aliphatic carbocycles. The summed E-state index contributed by atoms with van der Waals surface area (Å²) in [6.07, 6.45) is 2.44. The molecule has 0 spiro atoms. The molecule has 1 heterocycles. The van der Waals surface area contributed by atoms with Crippen LogP contribution in [0, 0.1) is 5.82 Å². The van der Waals surface area contributed by atoms with E-state index in [9.17, 15) is 4.39 Å². The summed E-state index contributed by atoms with van der Waals surface area (Å²) in [6, 6.07) is 5.64. The zero-order chi connectivity index (χ0) is 14.5. The van der Waals surface area contributed by atoms with E-state index in [0.717, 1.165) is 30.9 Å². The lowest BCUT2D eigenvalue weighted by Gasteiger charge is -2.38. The van der Waals surface area contributed by atoms with Gasteiger partial charge in [0.2, 0.25) is 0 Å². The van der Waals surface area contributed by atoms with Crippen LogP contribution in [-0.2, 0) is 6.54 Å². The van der Waals surface area contributed by atoms with Gasteiger partial charge >= 0.3 is 0 Å². The van der Waals surface area contributed by atoms with Crippen LogP contribution < -0.4 is 10.2 Å². The van der Waals surface area contributed by atoms with Gasteiger partial charge in [0.05, 0.1) is 0 Å². The molecule has 0 bridgehead atoms. The largest absolute Gasteiger partial charge is 0.370 e. The van der Waals surface area contributed by atoms with Crippen LogP contribution in [0.5, 0.6) is 0 Å². The van der Waals surface area contributed by atoms with E-state index in [-0.39, 0.29) is 5.82 Å². The minimum absolute atomic E-state index is 0.157. The second-order valence-electron chi connectivity index (χ2n) is 5.72. The third kappa shape index (κ3) is 3.70. The molecule has 0 amide bonds. The zero-order valence-corrected chi connectivity index (χ0v) is 12.8. The maximum atomic E-state index is 13.5. The fourth-order valence-electron chi connectivity index (χ4n) is 2.95. The molecule has 20 heavy (non-hydrogen) atoms. The molecular weight excluding hydrogens is 253 g/mol. The van der Waals surface area contributed by atoms with Gasteiger partial charge in [0.15, 0.2) is 0 Å². The summed E-state index contributed by atoms with van der Waals surface area (Å²) in [6.45, 7) is 5.94. The number of nitrogens with one attached hydrogen (secondary N) is 1. The molecule has 0 saturated carbocycles. The maximum absolute atomic E-state index is 13.5. The van der Waals surface area contributed by atoms with Crippen molar-refractivity contribution in [2.75, 3.05) is 38.6 Å². The lowest BCUT2D eigenvalue weighted by molar-refractivity contribution is 0.248. The lowest BCUT2D eigenvalue weighted by atomic mass is 10.0. The molecule has 1 aromatic carbocycles. The van der Waals surface area contributed by atoms with Crippen molar-refractivity contribution in [1.29, 1.82) is 0 Å². The lowest BCUT2D eigenvalue weighted by Crippen LogP contribution is -2.45. The van der Waals surface area contributed by atoms with Crippen LogP contribution in [-0.4, -0.2) is 44.7 Å². The van der Waals surface area contributed by atoms with Crippen molar-refractivity contribution in [3.8, 4) is 0 Å². The SMILES string of the molecule is CCNCc1cc(F)ccc1N(C)C1CCCN(C)C1. The highest BCUT2D eigenvalue weighted by atomic mass is 19.1. The Morgan fingerprint density at radius 2 is 2.25 bits per heavy atom. The summed E-state index contributed by atoms with van der Waals surface area (Å²) in [4.78, 5) is 4.69. The van der Waals surface area contributed by atoms with E-state index >= 15 is 0 Å². The highest BCUT2D eigenvalue weighted by Gasteiger charge is 2.22. The van der Waals surface area contributed by atoms with Crippen molar-refractivity contribution >= 4 is 5.69 Å². The zero-order valence-electron chi connectivity index (χ0n) is 12.8. The molecule has 1 N–H and O–H groups in total. The number of nitrogens with zero attached hydrogens (tertiary/aromatic N) is 2. The molecule has 0 aromatic heterocycles. The molecular formula is C16H26FN3. The normalized spacial score (nSPS) is 20.1. The number of rotatable bonds is 5. The van der Waals surface area contributed by atoms with Crippen LogP contribution in [0.2, 0.25) is 0 Å². The third-order valence-electron chi connectivity index (χ3n) is 4.13. The van der Waals surface area contributed by atoms with Crippen LogP contribution in [0.3, 0.4) is 0 Å². The Balaban J connectivity index is 2.17. The van der Waals surface area contributed by atoms with Gasteiger partial charge in [0, 0.05) is 31.9 Å². The first-order valence-electron chi connectivity index (χ1n) is 7.52. The Labute approximate surface area is 121 Å². The summed E-state index contributed by atoms with van der Waals surface area (Å²) in [5.41, 5.74) is 2.19. The van der Waals surface area contributed by atoms with Gasteiger partial charge in [0.1, 0.15) is 5.82 Å². The number of benzene rings is 1. The smallest absolute Gasteiger partial charge is 0.123 e. The molecule has 1 saturated heterocycles. The van der Waals surface area contributed by atoms with Crippen LogP contribution in [0.4, 0.5) is 10.1 Å². The maximum Gasteiger partial charge on any atom is 0.123 e. The monoisotopic (exact) mass is 279 g/mol. The number of likely N-dealkylation sites (N-methyl/N-ethyl adjacent to an activating group) is 2.